The number of methoxy groups -OCH3 is 1. The van der Waals surface area contributed by atoms with E-state index in [1.807, 2.05) is 18.2 Å². The third-order valence-corrected chi connectivity index (χ3v) is 3.23. The molecule has 0 spiro atoms. The van der Waals surface area contributed by atoms with E-state index in [1.54, 1.807) is 26.2 Å². The molecule has 0 bridgehead atoms. The van der Waals surface area contributed by atoms with E-state index >= 15 is 0 Å². The fraction of sp³-hybridized carbons (Fsp3) is 0.118. The maximum absolute atomic E-state index is 12.0. The van der Waals surface area contributed by atoms with Crippen LogP contribution in [0.25, 0.3) is 6.08 Å². The second-order valence-corrected chi connectivity index (χ2v) is 4.82. The molecule has 6 heteroatoms. The van der Waals surface area contributed by atoms with Crippen molar-refractivity contribution in [1.29, 1.82) is 0 Å². The molecule has 0 heterocycles. The maximum Gasteiger partial charge on any atom is 0.269 e. The third-order valence-electron chi connectivity index (χ3n) is 3.23. The fourth-order valence-corrected chi connectivity index (χ4v) is 2.05. The summed E-state index contributed by atoms with van der Waals surface area (Å²) in [7, 11) is 1.56. The van der Waals surface area contributed by atoms with Crippen molar-refractivity contribution < 1.29 is 14.5 Å². The largest absolute Gasteiger partial charge is 0.496 e. The number of amides is 1. The van der Waals surface area contributed by atoms with Gasteiger partial charge in [-0.15, -0.1) is 0 Å². The molecule has 0 saturated carbocycles. The van der Waals surface area contributed by atoms with E-state index in [0.717, 1.165) is 5.56 Å². The Hall–Kier alpha value is -3.15. The fourth-order valence-electron chi connectivity index (χ4n) is 2.05. The summed E-state index contributed by atoms with van der Waals surface area (Å²) < 4.78 is 5.20. The SMILES string of the molecule is COc1ccccc1/C=C/C(=O)Nc1ccc([N+](=O)[O-])cc1C. The van der Waals surface area contributed by atoms with E-state index in [-0.39, 0.29) is 11.6 Å². The highest BCUT2D eigenvalue weighted by Crippen LogP contribution is 2.22. The lowest BCUT2D eigenvalue weighted by atomic mass is 10.1. The first-order chi connectivity index (χ1) is 11.0. The molecule has 0 aliphatic heterocycles. The molecule has 118 valence electrons. The predicted octanol–water partition coefficient (Wildman–Crippen LogP) is 3.56. The molecule has 0 atom stereocenters. The summed E-state index contributed by atoms with van der Waals surface area (Å²) in [6.45, 7) is 1.70. The lowest BCUT2D eigenvalue weighted by molar-refractivity contribution is -0.384. The lowest BCUT2D eigenvalue weighted by Crippen LogP contribution is -2.09. The minimum absolute atomic E-state index is 0.00920. The van der Waals surface area contributed by atoms with Gasteiger partial charge in [-0.2, -0.15) is 0 Å². The van der Waals surface area contributed by atoms with Crippen LogP contribution in [-0.4, -0.2) is 17.9 Å². The van der Waals surface area contributed by atoms with Crippen LogP contribution in [0.3, 0.4) is 0 Å². The average Bonchev–Trinajstić information content (AvgIpc) is 2.54. The number of ether oxygens (including phenoxy) is 1. The van der Waals surface area contributed by atoms with Gasteiger partial charge in [0, 0.05) is 29.5 Å². The number of nitro benzene ring substituents is 1. The topological polar surface area (TPSA) is 81.5 Å². The van der Waals surface area contributed by atoms with Crippen LogP contribution in [0.4, 0.5) is 11.4 Å². The molecule has 0 aliphatic carbocycles. The summed E-state index contributed by atoms with van der Waals surface area (Å²) in [5, 5.41) is 13.4. The van der Waals surface area contributed by atoms with Gasteiger partial charge in [-0.1, -0.05) is 18.2 Å². The van der Waals surface area contributed by atoms with Gasteiger partial charge in [-0.25, -0.2) is 0 Å². The van der Waals surface area contributed by atoms with E-state index in [2.05, 4.69) is 5.32 Å². The summed E-state index contributed by atoms with van der Waals surface area (Å²) in [6.07, 6.45) is 3.04. The van der Waals surface area contributed by atoms with E-state index in [1.165, 1.54) is 24.3 Å². The monoisotopic (exact) mass is 312 g/mol. The summed E-state index contributed by atoms with van der Waals surface area (Å²) in [4.78, 5) is 22.2. The Labute approximate surface area is 133 Å². The number of carbonyl (C=O) groups excluding carboxylic acids is 1. The zero-order valence-electron chi connectivity index (χ0n) is 12.8. The number of nitrogens with one attached hydrogen (secondary N) is 1. The number of anilines is 1. The number of benzene rings is 2. The molecular formula is C17H16N2O4. The van der Waals surface area contributed by atoms with Gasteiger partial charge in [0.15, 0.2) is 0 Å². The number of rotatable bonds is 5. The van der Waals surface area contributed by atoms with Gasteiger partial charge in [0.25, 0.3) is 5.69 Å². The van der Waals surface area contributed by atoms with Crippen LogP contribution in [0.2, 0.25) is 0 Å². The van der Waals surface area contributed by atoms with Crippen molar-refractivity contribution in [2.45, 2.75) is 6.92 Å². The number of aryl methyl sites for hydroxylation is 1. The van der Waals surface area contributed by atoms with Crippen molar-refractivity contribution in [2.24, 2.45) is 0 Å². The molecule has 1 amide bonds. The van der Waals surface area contributed by atoms with Crippen LogP contribution in [0, 0.1) is 17.0 Å². The Bertz CT molecular complexity index is 769. The lowest BCUT2D eigenvalue weighted by Gasteiger charge is -2.06. The van der Waals surface area contributed by atoms with Gasteiger partial charge >= 0.3 is 0 Å². The van der Waals surface area contributed by atoms with Crippen molar-refractivity contribution in [3.63, 3.8) is 0 Å². The average molecular weight is 312 g/mol. The normalized spacial score (nSPS) is 10.5. The van der Waals surface area contributed by atoms with Gasteiger partial charge in [0.2, 0.25) is 5.91 Å². The van der Waals surface area contributed by atoms with E-state index < -0.39 is 4.92 Å². The molecule has 0 unspecified atom stereocenters. The van der Waals surface area contributed by atoms with Crippen molar-refractivity contribution in [2.75, 3.05) is 12.4 Å². The molecule has 2 aromatic carbocycles. The number of nitro groups is 1. The molecule has 2 rings (SSSR count). The van der Waals surface area contributed by atoms with Gasteiger partial charge in [-0.3, -0.25) is 14.9 Å². The van der Waals surface area contributed by atoms with Gasteiger partial charge in [-0.05, 0) is 30.7 Å². The molecule has 6 nitrogen and oxygen atoms in total. The Morgan fingerprint density at radius 1 is 1.26 bits per heavy atom. The summed E-state index contributed by atoms with van der Waals surface area (Å²) in [6, 6.07) is 11.6. The molecule has 1 N–H and O–H groups in total. The summed E-state index contributed by atoms with van der Waals surface area (Å²) in [5.74, 6) is 0.343. The molecule has 0 fully saturated rings. The number of carbonyl (C=O) groups is 1. The standard InChI is InChI=1S/C17H16N2O4/c1-12-11-14(19(21)22)8-9-15(12)18-17(20)10-7-13-5-3-4-6-16(13)23-2/h3-11H,1-2H3,(H,18,20)/b10-7+. The van der Waals surface area contributed by atoms with Crippen LogP contribution in [-0.2, 0) is 4.79 Å². The van der Waals surface area contributed by atoms with Gasteiger partial charge in [0.05, 0.1) is 12.0 Å². The first-order valence-electron chi connectivity index (χ1n) is 6.88. The van der Waals surface area contributed by atoms with Crippen molar-refractivity contribution >= 4 is 23.4 Å². The number of hydrogen-bond donors (Lipinski definition) is 1. The van der Waals surface area contributed by atoms with Crippen molar-refractivity contribution in [1.82, 2.24) is 0 Å². The third kappa shape index (κ3) is 4.16. The smallest absolute Gasteiger partial charge is 0.269 e. The number of hydrogen-bond acceptors (Lipinski definition) is 4. The highest BCUT2D eigenvalue weighted by Gasteiger charge is 2.09. The molecular weight excluding hydrogens is 296 g/mol. The highest BCUT2D eigenvalue weighted by atomic mass is 16.6. The molecule has 23 heavy (non-hydrogen) atoms. The van der Waals surface area contributed by atoms with Crippen LogP contribution in [0.1, 0.15) is 11.1 Å². The van der Waals surface area contributed by atoms with Crippen molar-refractivity contribution in [3.8, 4) is 5.75 Å². The molecule has 2 aromatic rings. The van der Waals surface area contributed by atoms with Crippen LogP contribution in [0.15, 0.2) is 48.5 Å². The Kier molecular flexibility index (Phi) is 5.09. The Morgan fingerprint density at radius 3 is 2.65 bits per heavy atom. The molecule has 0 radical (unpaired) electrons. The molecule has 0 saturated heterocycles. The zero-order chi connectivity index (χ0) is 16.8. The Balaban J connectivity index is 2.10. The number of nitrogens with zero attached hydrogens (tertiary/aromatic N) is 1. The van der Waals surface area contributed by atoms with Gasteiger partial charge in [0.1, 0.15) is 5.75 Å². The second-order valence-electron chi connectivity index (χ2n) is 4.82. The summed E-state index contributed by atoms with van der Waals surface area (Å²) in [5.41, 5.74) is 1.93. The summed E-state index contributed by atoms with van der Waals surface area (Å²) >= 11 is 0. The van der Waals surface area contributed by atoms with Crippen LogP contribution in [0.5, 0.6) is 5.75 Å². The number of non-ortho nitro benzene ring substituents is 1. The first-order valence-corrected chi connectivity index (χ1v) is 6.88. The van der Waals surface area contributed by atoms with Gasteiger partial charge < -0.3 is 10.1 Å². The van der Waals surface area contributed by atoms with E-state index in [4.69, 9.17) is 4.74 Å². The first kappa shape index (κ1) is 16.2. The van der Waals surface area contributed by atoms with E-state index in [9.17, 15) is 14.9 Å². The number of para-hydroxylation sites is 1. The highest BCUT2D eigenvalue weighted by molar-refractivity contribution is 6.02. The Morgan fingerprint density at radius 2 is 2.00 bits per heavy atom. The second kappa shape index (κ2) is 7.22. The minimum atomic E-state index is -0.472. The zero-order valence-corrected chi connectivity index (χ0v) is 12.8. The minimum Gasteiger partial charge on any atom is -0.496 e. The quantitative estimate of drug-likeness (QED) is 0.520. The molecule has 0 aromatic heterocycles. The van der Waals surface area contributed by atoms with Crippen molar-refractivity contribution in [3.05, 3.63) is 69.8 Å². The van der Waals surface area contributed by atoms with Crippen LogP contribution >= 0.6 is 0 Å². The molecule has 0 aliphatic rings. The van der Waals surface area contributed by atoms with Crippen LogP contribution < -0.4 is 10.1 Å². The van der Waals surface area contributed by atoms with E-state index in [0.29, 0.717) is 17.0 Å². The maximum atomic E-state index is 12.0. The predicted molar refractivity (Wildman–Crippen MR) is 88.5 cm³/mol.